The molecule has 6 nitrogen and oxygen atoms in total. The van der Waals surface area contributed by atoms with E-state index in [1.807, 2.05) is 0 Å². The van der Waals surface area contributed by atoms with Crippen molar-refractivity contribution in [3.05, 3.63) is 64.9 Å². The van der Waals surface area contributed by atoms with Crippen LogP contribution in [0.3, 0.4) is 0 Å². The Kier molecular flexibility index (Phi) is 5.11. The van der Waals surface area contributed by atoms with Crippen LogP contribution in [0, 0.1) is 5.82 Å². The monoisotopic (exact) mass is 378 g/mol. The first-order valence-electron chi connectivity index (χ1n) is 7.90. The second kappa shape index (κ2) is 7.31. The number of hydrogen-bond acceptors (Lipinski definition) is 4. The van der Waals surface area contributed by atoms with Gasteiger partial charge in [-0.25, -0.2) is 9.18 Å². The molecule has 8 heteroatoms. The van der Waals surface area contributed by atoms with Gasteiger partial charge < -0.3 is 20.1 Å². The van der Waals surface area contributed by atoms with Crippen LogP contribution in [0.1, 0.15) is 12.0 Å². The van der Waals surface area contributed by atoms with E-state index in [1.54, 1.807) is 36.4 Å². The van der Waals surface area contributed by atoms with Crippen molar-refractivity contribution in [2.45, 2.75) is 18.8 Å². The molecule has 0 spiro atoms. The number of hydrogen-bond donors (Lipinski definition) is 2. The van der Waals surface area contributed by atoms with Crippen molar-refractivity contribution in [2.75, 3.05) is 11.4 Å². The first-order chi connectivity index (χ1) is 12.4. The number of amides is 2. The zero-order valence-corrected chi connectivity index (χ0v) is 14.4. The number of nitrogens with zero attached hydrogens (tertiary/aromatic N) is 1. The lowest BCUT2D eigenvalue weighted by molar-refractivity contribution is -0.175. The van der Waals surface area contributed by atoms with Crippen molar-refractivity contribution < 1.29 is 23.8 Å². The highest BCUT2D eigenvalue weighted by Gasteiger charge is 2.49. The van der Waals surface area contributed by atoms with Crippen LogP contribution in [0.25, 0.3) is 0 Å². The Hall–Kier alpha value is -2.64. The van der Waals surface area contributed by atoms with E-state index in [-0.39, 0.29) is 30.1 Å². The number of halogens is 2. The Labute approximate surface area is 154 Å². The van der Waals surface area contributed by atoms with Gasteiger partial charge in [0, 0.05) is 30.8 Å². The maximum absolute atomic E-state index is 13.8. The molecular formula is C18H16ClFN2O4. The minimum Gasteiger partial charge on any atom is -0.407 e. The van der Waals surface area contributed by atoms with E-state index in [4.69, 9.17) is 16.3 Å². The first kappa shape index (κ1) is 18.2. The fraction of sp³-hybridized carbons (Fsp3) is 0.222. The summed E-state index contributed by atoms with van der Waals surface area (Å²) in [5, 5.41) is 12.6. The predicted octanol–water partition coefficient (Wildman–Crippen LogP) is 2.83. The minimum atomic E-state index is -2.26. The number of anilines is 1. The largest absolute Gasteiger partial charge is 0.410 e. The summed E-state index contributed by atoms with van der Waals surface area (Å²) in [5.41, 5.74) is 0.753. The SMILES string of the molecule is O=C(NCc1cccc(Cl)c1F)O[C@@]1(O)CCN(c2ccccc2)C1=O. The molecule has 2 amide bonds. The van der Waals surface area contributed by atoms with Crippen molar-refractivity contribution in [3.63, 3.8) is 0 Å². The van der Waals surface area contributed by atoms with Crippen LogP contribution in [0.5, 0.6) is 0 Å². The van der Waals surface area contributed by atoms with Crippen LogP contribution in [0.2, 0.25) is 5.02 Å². The van der Waals surface area contributed by atoms with Crippen molar-refractivity contribution >= 4 is 29.3 Å². The standard InChI is InChI=1S/C18H16ClFN2O4/c19-14-8-4-5-12(15(14)20)11-21-17(24)26-18(25)9-10-22(16(18)23)13-6-2-1-3-7-13/h1-8,25H,9-11H2,(H,21,24)/t18-/m0/s1. The Balaban J connectivity index is 1.62. The second-order valence-corrected chi connectivity index (χ2v) is 6.19. The summed E-state index contributed by atoms with van der Waals surface area (Å²) < 4.78 is 18.7. The molecular weight excluding hydrogens is 363 g/mol. The molecule has 1 heterocycles. The van der Waals surface area contributed by atoms with E-state index < -0.39 is 23.6 Å². The molecule has 0 aromatic heterocycles. The fourth-order valence-corrected chi connectivity index (χ4v) is 2.87. The third kappa shape index (κ3) is 3.63. The molecule has 0 radical (unpaired) electrons. The molecule has 0 unspecified atom stereocenters. The lowest BCUT2D eigenvalue weighted by Gasteiger charge is -2.22. The average molecular weight is 379 g/mol. The molecule has 1 saturated heterocycles. The molecule has 0 aliphatic carbocycles. The molecule has 2 aromatic carbocycles. The van der Waals surface area contributed by atoms with E-state index in [1.165, 1.54) is 17.0 Å². The molecule has 1 fully saturated rings. The number of ether oxygens (including phenoxy) is 1. The number of benzene rings is 2. The van der Waals surface area contributed by atoms with Gasteiger partial charge in [0.1, 0.15) is 5.82 Å². The third-order valence-corrected chi connectivity index (χ3v) is 4.33. The minimum absolute atomic E-state index is 0.0687. The molecule has 1 aliphatic rings. The number of carbonyl (C=O) groups excluding carboxylic acids is 2. The number of nitrogens with one attached hydrogen (secondary N) is 1. The van der Waals surface area contributed by atoms with Crippen LogP contribution in [-0.2, 0) is 16.1 Å². The lowest BCUT2D eigenvalue weighted by Crippen LogP contribution is -2.46. The molecule has 1 aliphatic heterocycles. The highest BCUT2D eigenvalue weighted by atomic mass is 35.5. The molecule has 0 saturated carbocycles. The molecule has 2 aromatic rings. The van der Waals surface area contributed by atoms with Gasteiger partial charge >= 0.3 is 6.09 Å². The summed E-state index contributed by atoms with van der Waals surface area (Å²) in [6.45, 7) is 0.00739. The molecule has 26 heavy (non-hydrogen) atoms. The van der Waals surface area contributed by atoms with E-state index in [0.29, 0.717) is 5.69 Å². The highest BCUT2D eigenvalue weighted by Crippen LogP contribution is 2.29. The van der Waals surface area contributed by atoms with Crippen molar-refractivity contribution in [1.29, 1.82) is 0 Å². The zero-order valence-electron chi connectivity index (χ0n) is 13.6. The van der Waals surface area contributed by atoms with Gasteiger partial charge in [-0.2, -0.15) is 0 Å². The summed E-state index contributed by atoms with van der Waals surface area (Å²) >= 11 is 5.67. The third-order valence-electron chi connectivity index (χ3n) is 4.04. The summed E-state index contributed by atoms with van der Waals surface area (Å²) in [6.07, 6.45) is -1.10. The summed E-state index contributed by atoms with van der Waals surface area (Å²) in [4.78, 5) is 25.7. The quantitative estimate of drug-likeness (QED) is 0.802. The first-order valence-corrected chi connectivity index (χ1v) is 8.27. The van der Waals surface area contributed by atoms with Gasteiger partial charge in [-0.3, -0.25) is 4.79 Å². The van der Waals surface area contributed by atoms with Gasteiger partial charge in [-0.15, -0.1) is 0 Å². The van der Waals surface area contributed by atoms with Crippen LogP contribution in [0.15, 0.2) is 48.5 Å². The Bertz CT molecular complexity index is 833. The molecule has 2 N–H and O–H groups in total. The van der Waals surface area contributed by atoms with Gasteiger partial charge in [-0.1, -0.05) is 41.9 Å². The van der Waals surface area contributed by atoms with E-state index >= 15 is 0 Å². The average Bonchev–Trinajstić information content (AvgIpc) is 2.92. The van der Waals surface area contributed by atoms with Gasteiger partial charge in [-0.05, 0) is 18.2 Å². The maximum Gasteiger partial charge on any atom is 0.410 e. The van der Waals surface area contributed by atoms with Gasteiger partial charge in [0.05, 0.1) is 5.02 Å². The number of carbonyl (C=O) groups is 2. The molecule has 1 atom stereocenters. The van der Waals surface area contributed by atoms with Gasteiger partial charge in [0.2, 0.25) is 0 Å². The van der Waals surface area contributed by atoms with Crippen LogP contribution in [0.4, 0.5) is 14.9 Å². The van der Waals surface area contributed by atoms with Crippen molar-refractivity contribution in [2.24, 2.45) is 0 Å². The van der Waals surface area contributed by atoms with Crippen molar-refractivity contribution in [3.8, 4) is 0 Å². The number of alkyl carbamates (subject to hydrolysis) is 1. The van der Waals surface area contributed by atoms with E-state index in [0.717, 1.165) is 0 Å². The zero-order chi connectivity index (χ0) is 18.7. The number of rotatable bonds is 4. The van der Waals surface area contributed by atoms with Crippen molar-refractivity contribution in [1.82, 2.24) is 5.32 Å². The second-order valence-electron chi connectivity index (χ2n) is 5.78. The van der Waals surface area contributed by atoms with Gasteiger partial charge in [0.25, 0.3) is 11.7 Å². The smallest absolute Gasteiger partial charge is 0.407 e. The van der Waals surface area contributed by atoms with E-state index in [2.05, 4.69) is 5.32 Å². The topological polar surface area (TPSA) is 78.9 Å². The Morgan fingerprint density at radius 2 is 2.00 bits per heavy atom. The highest BCUT2D eigenvalue weighted by molar-refractivity contribution is 6.30. The molecule has 3 rings (SSSR count). The Morgan fingerprint density at radius 3 is 2.73 bits per heavy atom. The number of aliphatic hydroxyl groups is 1. The van der Waals surface area contributed by atoms with Crippen LogP contribution >= 0.6 is 11.6 Å². The summed E-state index contributed by atoms with van der Waals surface area (Å²) in [7, 11) is 0. The lowest BCUT2D eigenvalue weighted by atomic mass is 10.2. The predicted molar refractivity (Wildman–Crippen MR) is 93.1 cm³/mol. The van der Waals surface area contributed by atoms with Crippen LogP contribution in [-0.4, -0.2) is 29.4 Å². The molecule has 0 bridgehead atoms. The Morgan fingerprint density at radius 1 is 1.27 bits per heavy atom. The van der Waals surface area contributed by atoms with Crippen LogP contribution < -0.4 is 10.2 Å². The molecule has 136 valence electrons. The normalized spacial score (nSPS) is 19.5. The summed E-state index contributed by atoms with van der Waals surface area (Å²) in [5.74, 6) is -3.64. The summed E-state index contributed by atoms with van der Waals surface area (Å²) in [6, 6.07) is 13.1. The maximum atomic E-state index is 13.8. The number of para-hydroxylation sites is 1. The fourth-order valence-electron chi connectivity index (χ4n) is 2.67. The van der Waals surface area contributed by atoms with E-state index in [9.17, 15) is 19.1 Å². The van der Waals surface area contributed by atoms with Gasteiger partial charge in [0.15, 0.2) is 0 Å².